The second-order valence-corrected chi connectivity index (χ2v) is 8.44. The molecule has 1 N–H and O–H groups in total. The molecule has 0 radical (unpaired) electrons. The molecule has 3 aromatic rings. The van der Waals surface area contributed by atoms with E-state index >= 15 is 0 Å². The Morgan fingerprint density at radius 3 is 2.61 bits per heavy atom. The largest absolute Gasteiger partial charge is 0.347 e. The maximum atomic E-state index is 12.5. The number of hydrogen-bond acceptors (Lipinski definition) is 5. The van der Waals surface area contributed by atoms with E-state index in [4.69, 9.17) is 4.98 Å². The van der Waals surface area contributed by atoms with E-state index in [0.29, 0.717) is 17.7 Å². The molecule has 0 aliphatic carbocycles. The van der Waals surface area contributed by atoms with Crippen molar-refractivity contribution < 1.29 is 4.79 Å². The van der Waals surface area contributed by atoms with Crippen molar-refractivity contribution >= 4 is 28.7 Å². The molecule has 0 fully saturated rings. The lowest BCUT2D eigenvalue weighted by molar-refractivity contribution is -0.117. The summed E-state index contributed by atoms with van der Waals surface area (Å²) in [7, 11) is 2.00. The summed E-state index contributed by atoms with van der Waals surface area (Å²) >= 11 is 0. The Labute approximate surface area is 184 Å². The minimum Gasteiger partial charge on any atom is -0.347 e. The molecular formula is C24H34N6O. The number of rotatable bonds is 9. The highest BCUT2D eigenvalue weighted by Crippen LogP contribution is 2.27. The Kier molecular flexibility index (Phi) is 7.25. The van der Waals surface area contributed by atoms with Crippen LogP contribution in [0, 0.1) is 5.92 Å². The summed E-state index contributed by atoms with van der Waals surface area (Å²) in [6, 6.07) is 8.33. The van der Waals surface area contributed by atoms with Gasteiger partial charge < -0.3 is 9.88 Å². The van der Waals surface area contributed by atoms with Gasteiger partial charge in [-0.3, -0.25) is 9.69 Å². The van der Waals surface area contributed by atoms with Crippen LogP contribution >= 0.6 is 0 Å². The topological polar surface area (TPSA) is 75.9 Å². The van der Waals surface area contributed by atoms with Crippen LogP contribution in [0.1, 0.15) is 65.5 Å². The summed E-state index contributed by atoms with van der Waals surface area (Å²) in [6.07, 6.45) is 6.37. The number of hydrogen-bond donors (Lipinski definition) is 1. The minimum absolute atomic E-state index is 0.00379. The molecule has 2 atom stereocenters. The zero-order valence-corrected chi connectivity index (χ0v) is 19.5. The van der Waals surface area contributed by atoms with Gasteiger partial charge in [0.1, 0.15) is 5.82 Å². The molecule has 2 unspecified atom stereocenters. The first-order valence-electron chi connectivity index (χ1n) is 11.2. The van der Waals surface area contributed by atoms with E-state index in [1.165, 1.54) is 0 Å². The predicted molar refractivity (Wildman–Crippen MR) is 126 cm³/mol. The number of nitrogens with one attached hydrogen (secondary N) is 1. The first kappa shape index (κ1) is 22.7. The number of nitrogens with zero attached hydrogens (tertiary/aromatic N) is 5. The lowest BCUT2D eigenvalue weighted by atomic mass is 10.00. The molecule has 7 heteroatoms. The van der Waals surface area contributed by atoms with Crippen LogP contribution < -0.4 is 10.2 Å². The maximum Gasteiger partial charge on any atom is 0.225 e. The SMILES string of the molecule is CCCC(Nc1nccc(N(C(C)=O)C(CC)C(C)C)n1)c1ccc2c(c1)ncn2C. The quantitative estimate of drug-likeness (QED) is 0.519. The van der Waals surface area contributed by atoms with Crippen LogP contribution in [0.2, 0.25) is 0 Å². The molecule has 0 aliphatic heterocycles. The summed E-state index contributed by atoms with van der Waals surface area (Å²) < 4.78 is 2.02. The molecule has 0 spiro atoms. The van der Waals surface area contributed by atoms with Gasteiger partial charge in [0.05, 0.1) is 23.4 Å². The first-order valence-corrected chi connectivity index (χ1v) is 11.2. The third-order valence-electron chi connectivity index (χ3n) is 5.78. The van der Waals surface area contributed by atoms with Gasteiger partial charge in [-0.05, 0) is 42.5 Å². The lowest BCUT2D eigenvalue weighted by Crippen LogP contribution is -2.42. The highest BCUT2D eigenvalue weighted by atomic mass is 16.2. The van der Waals surface area contributed by atoms with Crippen molar-refractivity contribution in [3.63, 3.8) is 0 Å². The van der Waals surface area contributed by atoms with Gasteiger partial charge in [0, 0.05) is 26.2 Å². The molecule has 0 bridgehead atoms. The summed E-state index contributed by atoms with van der Waals surface area (Å²) in [6.45, 7) is 10.1. The second-order valence-electron chi connectivity index (χ2n) is 8.44. The van der Waals surface area contributed by atoms with Crippen LogP contribution in [0.15, 0.2) is 36.8 Å². The van der Waals surface area contributed by atoms with Crippen molar-refractivity contribution in [2.45, 2.75) is 66.0 Å². The second kappa shape index (κ2) is 9.90. The average Bonchev–Trinajstić information content (AvgIpc) is 3.11. The van der Waals surface area contributed by atoms with Gasteiger partial charge in [-0.15, -0.1) is 0 Å². The molecule has 31 heavy (non-hydrogen) atoms. The lowest BCUT2D eigenvalue weighted by Gasteiger charge is -2.32. The van der Waals surface area contributed by atoms with Gasteiger partial charge >= 0.3 is 0 Å². The number of benzene rings is 1. The number of aromatic nitrogens is 4. The fraction of sp³-hybridized carbons (Fsp3) is 0.500. The highest BCUT2D eigenvalue weighted by molar-refractivity contribution is 5.91. The minimum atomic E-state index is -0.00379. The van der Waals surface area contributed by atoms with Crippen molar-refractivity contribution in [1.29, 1.82) is 0 Å². The van der Waals surface area contributed by atoms with E-state index < -0.39 is 0 Å². The number of imidazole rings is 1. The van der Waals surface area contributed by atoms with Crippen molar-refractivity contribution in [3.8, 4) is 0 Å². The molecule has 166 valence electrons. The van der Waals surface area contributed by atoms with E-state index in [1.54, 1.807) is 18.0 Å². The van der Waals surface area contributed by atoms with E-state index in [2.05, 4.69) is 61.2 Å². The fourth-order valence-electron chi connectivity index (χ4n) is 4.21. The van der Waals surface area contributed by atoms with Gasteiger partial charge in [0.2, 0.25) is 11.9 Å². The average molecular weight is 423 g/mol. The number of carbonyl (C=O) groups excluding carboxylic acids is 1. The van der Waals surface area contributed by atoms with Gasteiger partial charge in [0.25, 0.3) is 0 Å². The maximum absolute atomic E-state index is 12.5. The summed E-state index contributed by atoms with van der Waals surface area (Å²) in [5.74, 6) is 1.50. The Morgan fingerprint density at radius 1 is 1.19 bits per heavy atom. The molecule has 2 heterocycles. The number of aryl methyl sites for hydroxylation is 1. The van der Waals surface area contributed by atoms with Gasteiger partial charge in [-0.25, -0.2) is 9.97 Å². The van der Waals surface area contributed by atoms with Gasteiger partial charge in [-0.2, -0.15) is 4.98 Å². The van der Waals surface area contributed by atoms with Crippen molar-refractivity contribution in [1.82, 2.24) is 19.5 Å². The van der Waals surface area contributed by atoms with Crippen LogP contribution in [0.5, 0.6) is 0 Å². The fourth-order valence-corrected chi connectivity index (χ4v) is 4.21. The number of amides is 1. The monoisotopic (exact) mass is 422 g/mol. The van der Waals surface area contributed by atoms with E-state index in [-0.39, 0.29) is 18.0 Å². The molecule has 1 aromatic carbocycles. The van der Waals surface area contributed by atoms with Crippen LogP contribution in [0.4, 0.5) is 11.8 Å². The Morgan fingerprint density at radius 2 is 1.97 bits per heavy atom. The van der Waals surface area contributed by atoms with Crippen LogP contribution in [-0.4, -0.2) is 31.5 Å². The van der Waals surface area contributed by atoms with Crippen molar-refractivity contribution in [2.75, 3.05) is 10.2 Å². The third-order valence-corrected chi connectivity index (χ3v) is 5.78. The summed E-state index contributed by atoms with van der Waals surface area (Å²) in [4.78, 5) is 27.9. The third kappa shape index (κ3) is 5.03. The normalized spacial score (nSPS) is 13.4. The molecule has 1 amide bonds. The van der Waals surface area contributed by atoms with Crippen LogP contribution in [-0.2, 0) is 11.8 Å². The van der Waals surface area contributed by atoms with E-state index in [0.717, 1.165) is 35.9 Å². The molecular weight excluding hydrogens is 388 g/mol. The predicted octanol–water partition coefficient (Wildman–Crippen LogP) is 5.10. The Hall–Kier alpha value is -2.96. The smallest absolute Gasteiger partial charge is 0.225 e. The van der Waals surface area contributed by atoms with Crippen LogP contribution in [0.25, 0.3) is 11.0 Å². The summed E-state index contributed by atoms with van der Waals surface area (Å²) in [5, 5.41) is 3.49. The Balaban J connectivity index is 1.91. The molecule has 0 aliphatic rings. The van der Waals surface area contributed by atoms with E-state index in [1.807, 2.05) is 24.0 Å². The highest BCUT2D eigenvalue weighted by Gasteiger charge is 2.25. The molecule has 0 saturated heterocycles. The van der Waals surface area contributed by atoms with Gasteiger partial charge in [-0.1, -0.05) is 40.2 Å². The molecule has 0 saturated carbocycles. The van der Waals surface area contributed by atoms with Gasteiger partial charge in [0.15, 0.2) is 0 Å². The Bertz CT molecular complexity index is 1030. The summed E-state index contributed by atoms with van der Waals surface area (Å²) in [5.41, 5.74) is 3.23. The van der Waals surface area contributed by atoms with Crippen molar-refractivity contribution in [2.24, 2.45) is 13.0 Å². The molecule has 2 aromatic heterocycles. The van der Waals surface area contributed by atoms with Crippen LogP contribution in [0.3, 0.4) is 0 Å². The molecule has 3 rings (SSSR count). The zero-order chi connectivity index (χ0) is 22.5. The zero-order valence-electron chi connectivity index (χ0n) is 19.5. The number of anilines is 2. The van der Waals surface area contributed by atoms with E-state index in [9.17, 15) is 4.79 Å². The first-order chi connectivity index (χ1) is 14.8. The standard InChI is InChI=1S/C24H34N6O/c1-7-9-19(18-10-11-22-20(14-18)26-15-29(22)6)27-24-25-13-12-23(28-24)30(17(5)31)21(8-2)16(3)4/h10-16,19,21H,7-9H2,1-6H3,(H,25,27,28). The molecule has 7 nitrogen and oxygen atoms in total. The number of fused-ring (bicyclic) bond motifs is 1. The number of carbonyl (C=O) groups is 1. The van der Waals surface area contributed by atoms with Crippen molar-refractivity contribution in [3.05, 3.63) is 42.4 Å².